The van der Waals surface area contributed by atoms with Crippen molar-refractivity contribution >= 4 is 49.8 Å². The van der Waals surface area contributed by atoms with Gasteiger partial charge in [0, 0.05) is 15.0 Å². The lowest BCUT2D eigenvalue weighted by molar-refractivity contribution is -0.148. The Morgan fingerprint density at radius 3 is 2.50 bits per heavy atom. The van der Waals surface area contributed by atoms with Gasteiger partial charge in [-0.1, -0.05) is 31.4 Å². The van der Waals surface area contributed by atoms with E-state index in [1.807, 2.05) is 18.2 Å². The SMILES string of the molecule is O=C(/C=C/c1cccc(Br)c1Br)NC1(C(=O)O)CCCCC1. The van der Waals surface area contributed by atoms with Crippen LogP contribution in [0.2, 0.25) is 0 Å². The molecule has 1 amide bonds. The van der Waals surface area contributed by atoms with Gasteiger partial charge in [-0.2, -0.15) is 0 Å². The number of hydrogen-bond donors (Lipinski definition) is 2. The van der Waals surface area contributed by atoms with E-state index in [-0.39, 0.29) is 5.91 Å². The van der Waals surface area contributed by atoms with E-state index in [2.05, 4.69) is 37.2 Å². The van der Waals surface area contributed by atoms with Crippen LogP contribution in [0.3, 0.4) is 0 Å². The van der Waals surface area contributed by atoms with Gasteiger partial charge in [-0.25, -0.2) is 4.79 Å². The highest BCUT2D eigenvalue weighted by Gasteiger charge is 2.40. The van der Waals surface area contributed by atoms with Gasteiger partial charge < -0.3 is 10.4 Å². The highest BCUT2D eigenvalue weighted by molar-refractivity contribution is 9.13. The van der Waals surface area contributed by atoms with E-state index in [0.717, 1.165) is 33.8 Å². The maximum atomic E-state index is 12.1. The molecule has 0 aliphatic heterocycles. The number of benzene rings is 1. The number of carbonyl (C=O) groups is 2. The lowest BCUT2D eigenvalue weighted by atomic mass is 9.81. The maximum Gasteiger partial charge on any atom is 0.329 e. The number of carbonyl (C=O) groups excluding carboxylic acids is 1. The zero-order valence-electron chi connectivity index (χ0n) is 11.9. The Bertz CT molecular complexity index is 607. The van der Waals surface area contributed by atoms with E-state index in [1.165, 1.54) is 6.08 Å². The Morgan fingerprint density at radius 1 is 1.18 bits per heavy atom. The van der Waals surface area contributed by atoms with Gasteiger partial charge in [0.25, 0.3) is 0 Å². The number of rotatable bonds is 4. The molecule has 0 heterocycles. The standard InChI is InChI=1S/C16H17Br2NO3/c17-12-6-4-5-11(14(12)18)7-8-13(20)19-16(15(21)22)9-2-1-3-10-16/h4-8H,1-3,9-10H2,(H,19,20)(H,21,22)/b8-7+. The monoisotopic (exact) mass is 429 g/mol. The van der Waals surface area contributed by atoms with Crippen molar-refractivity contribution in [3.63, 3.8) is 0 Å². The molecule has 0 saturated heterocycles. The van der Waals surface area contributed by atoms with Crippen LogP contribution in [0.1, 0.15) is 37.7 Å². The van der Waals surface area contributed by atoms with Gasteiger partial charge in [0.05, 0.1) is 0 Å². The lowest BCUT2D eigenvalue weighted by Gasteiger charge is -2.33. The molecule has 1 saturated carbocycles. The minimum Gasteiger partial charge on any atom is -0.480 e. The van der Waals surface area contributed by atoms with Gasteiger partial charge in [0.15, 0.2) is 0 Å². The first kappa shape index (κ1) is 17.2. The van der Waals surface area contributed by atoms with Crippen molar-refractivity contribution in [2.45, 2.75) is 37.6 Å². The molecule has 0 spiro atoms. The molecule has 6 heteroatoms. The van der Waals surface area contributed by atoms with Crippen LogP contribution in [0, 0.1) is 0 Å². The fourth-order valence-corrected chi connectivity index (χ4v) is 3.42. The summed E-state index contributed by atoms with van der Waals surface area (Å²) in [5.74, 6) is -1.33. The van der Waals surface area contributed by atoms with Crippen LogP contribution in [-0.4, -0.2) is 22.5 Å². The molecular weight excluding hydrogens is 414 g/mol. The van der Waals surface area contributed by atoms with Crippen molar-refractivity contribution in [1.29, 1.82) is 0 Å². The molecule has 1 aromatic rings. The van der Waals surface area contributed by atoms with Crippen LogP contribution >= 0.6 is 31.9 Å². The molecule has 0 atom stereocenters. The molecule has 2 rings (SSSR count). The van der Waals surface area contributed by atoms with Crippen molar-refractivity contribution in [2.75, 3.05) is 0 Å². The van der Waals surface area contributed by atoms with Crippen molar-refractivity contribution < 1.29 is 14.7 Å². The Kier molecular flexibility index (Phi) is 5.81. The third-order valence-corrected chi connectivity index (χ3v) is 5.95. The van der Waals surface area contributed by atoms with Crippen molar-refractivity contribution in [3.8, 4) is 0 Å². The van der Waals surface area contributed by atoms with E-state index >= 15 is 0 Å². The van der Waals surface area contributed by atoms with Gasteiger partial charge in [0.2, 0.25) is 5.91 Å². The summed E-state index contributed by atoms with van der Waals surface area (Å²) < 4.78 is 1.74. The highest BCUT2D eigenvalue weighted by Crippen LogP contribution is 2.29. The van der Waals surface area contributed by atoms with E-state index in [4.69, 9.17) is 0 Å². The molecule has 0 aromatic heterocycles. The summed E-state index contributed by atoms with van der Waals surface area (Å²) >= 11 is 6.84. The molecule has 0 bridgehead atoms. The quantitative estimate of drug-likeness (QED) is 0.705. The molecule has 0 radical (unpaired) electrons. The summed E-state index contributed by atoms with van der Waals surface area (Å²) in [7, 11) is 0. The van der Waals surface area contributed by atoms with E-state index in [0.29, 0.717) is 12.8 Å². The molecule has 1 aliphatic rings. The molecule has 1 aliphatic carbocycles. The van der Waals surface area contributed by atoms with E-state index in [1.54, 1.807) is 6.08 Å². The average molecular weight is 431 g/mol. The van der Waals surface area contributed by atoms with Gasteiger partial charge in [-0.15, -0.1) is 0 Å². The number of nitrogens with one attached hydrogen (secondary N) is 1. The van der Waals surface area contributed by atoms with Crippen LogP contribution in [0.25, 0.3) is 6.08 Å². The number of aliphatic carboxylic acids is 1. The normalized spacial score (nSPS) is 17.4. The number of carboxylic acid groups (broad SMARTS) is 1. The summed E-state index contributed by atoms with van der Waals surface area (Å²) in [5, 5.41) is 12.1. The van der Waals surface area contributed by atoms with Crippen LogP contribution < -0.4 is 5.32 Å². The maximum absolute atomic E-state index is 12.1. The second-order valence-electron chi connectivity index (χ2n) is 5.41. The van der Waals surface area contributed by atoms with Crippen molar-refractivity contribution in [3.05, 3.63) is 38.8 Å². The molecule has 1 aromatic carbocycles. The third-order valence-electron chi connectivity index (χ3n) is 3.87. The number of amides is 1. The second-order valence-corrected chi connectivity index (χ2v) is 7.06. The third kappa shape index (κ3) is 3.98. The van der Waals surface area contributed by atoms with Crippen molar-refractivity contribution in [1.82, 2.24) is 5.32 Å². The van der Waals surface area contributed by atoms with Crippen molar-refractivity contribution in [2.24, 2.45) is 0 Å². The molecule has 4 nitrogen and oxygen atoms in total. The summed E-state index contributed by atoms with van der Waals surface area (Å²) in [5.41, 5.74) is -0.272. The first-order valence-corrected chi connectivity index (χ1v) is 8.71. The Labute approximate surface area is 146 Å². The van der Waals surface area contributed by atoms with Crippen LogP contribution in [0.5, 0.6) is 0 Å². The number of hydrogen-bond acceptors (Lipinski definition) is 2. The van der Waals surface area contributed by atoms with Gasteiger partial charge in [-0.3, -0.25) is 4.79 Å². The van der Waals surface area contributed by atoms with Crippen LogP contribution in [0.15, 0.2) is 33.2 Å². The Morgan fingerprint density at radius 2 is 1.86 bits per heavy atom. The number of halogens is 2. The first-order chi connectivity index (χ1) is 10.4. The first-order valence-electron chi connectivity index (χ1n) is 7.12. The van der Waals surface area contributed by atoms with Gasteiger partial charge >= 0.3 is 5.97 Å². The van der Waals surface area contributed by atoms with Gasteiger partial charge in [0.1, 0.15) is 5.54 Å². The van der Waals surface area contributed by atoms with E-state index < -0.39 is 11.5 Å². The molecular formula is C16H17Br2NO3. The van der Waals surface area contributed by atoms with Crippen LogP contribution in [-0.2, 0) is 9.59 Å². The predicted molar refractivity (Wildman–Crippen MR) is 92.5 cm³/mol. The fraction of sp³-hybridized carbons (Fsp3) is 0.375. The number of carboxylic acids is 1. The predicted octanol–water partition coefficient (Wildman–Crippen LogP) is 4.13. The zero-order chi connectivity index (χ0) is 16.2. The largest absolute Gasteiger partial charge is 0.480 e. The highest BCUT2D eigenvalue weighted by atomic mass is 79.9. The summed E-state index contributed by atoms with van der Waals surface area (Å²) in [6.45, 7) is 0. The molecule has 0 unspecified atom stereocenters. The Balaban J connectivity index is 2.10. The second kappa shape index (κ2) is 7.42. The molecule has 2 N–H and O–H groups in total. The topological polar surface area (TPSA) is 66.4 Å². The fourth-order valence-electron chi connectivity index (χ4n) is 2.64. The minimum absolute atomic E-state index is 0.379. The molecule has 118 valence electrons. The summed E-state index contributed by atoms with van der Waals surface area (Å²) in [6, 6.07) is 5.63. The Hall–Kier alpha value is -1.14. The molecule has 1 fully saturated rings. The van der Waals surface area contributed by atoms with Crippen LogP contribution in [0.4, 0.5) is 0 Å². The summed E-state index contributed by atoms with van der Waals surface area (Å²) in [6.07, 6.45) is 6.70. The van der Waals surface area contributed by atoms with Gasteiger partial charge in [-0.05, 0) is 62.4 Å². The van der Waals surface area contributed by atoms with E-state index in [9.17, 15) is 14.7 Å². The lowest BCUT2D eigenvalue weighted by Crippen LogP contribution is -2.55. The summed E-state index contributed by atoms with van der Waals surface area (Å²) in [4.78, 5) is 23.6. The molecule has 22 heavy (non-hydrogen) atoms. The average Bonchev–Trinajstić information content (AvgIpc) is 2.49. The smallest absolute Gasteiger partial charge is 0.329 e. The minimum atomic E-state index is -1.12. The zero-order valence-corrected chi connectivity index (χ0v) is 15.1.